The summed E-state index contributed by atoms with van der Waals surface area (Å²) in [7, 11) is 1.98. The molecule has 2 aromatic rings. The van der Waals surface area contributed by atoms with Gasteiger partial charge in [0.1, 0.15) is 0 Å². The molecule has 2 rings (SSSR count). The van der Waals surface area contributed by atoms with Gasteiger partial charge in [-0.3, -0.25) is 0 Å². The minimum atomic E-state index is 0.831. The topological polar surface area (TPSA) is 37.8 Å². The highest BCUT2D eigenvalue weighted by Gasteiger charge is 2.09. The summed E-state index contributed by atoms with van der Waals surface area (Å²) >= 11 is 0. The molecule has 0 radical (unpaired) electrons. The summed E-state index contributed by atoms with van der Waals surface area (Å²) in [5.41, 5.74) is 5.83. The second-order valence-corrected chi connectivity index (χ2v) is 5.27. The molecule has 3 nitrogen and oxygen atoms in total. The van der Waals surface area contributed by atoms with Crippen molar-refractivity contribution in [3.05, 3.63) is 46.8 Å². The Hall–Kier alpha value is -1.74. The number of nitrogens with one attached hydrogen (secondary N) is 1. The van der Waals surface area contributed by atoms with Gasteiger partial charge in [-0.05, 0) is 52.8 Å². The van der Waals surface area contributed by atoms with Crippen molar-refractivity contribution in [2.24, 2.45) is 0 Å². The SMILES string of the molecule is CNCCCc1c(C)nc(-c2ccc(C)cc2)nc1C. The second-order valence-electron chi connectivity index (χ2n) is 5.27. The van der Waals surface area contributed by atoms with E-state index in [0.29, 0.717) is 0 Å². The largest absolute Gasteiger partial charge is 0.320 e. The normalized spacial score (nSPS) is 10.8. The highest BCUT2D eigenvalue weighted by molar-refractivity contribution is 5.56. The van der Waals surface area contributed by atoms with E-state index >= 15 is 0 Å². The quantitative estimate of drug-likeness (QED) is 0.847. The predicted octanol–water partition coefficient (Wildman–Crippen LogP) is 3.22. The molecule has 1 N–H and O–H groups in total. The molecule has 0 aliphatic rings. The average Bonchev–Trinajstić information content (AvgIpc) is 2.42. The summed E-state index contributed by atoms with van der Waals surface area (Å²) in [4.78, 5) is 9.36. The zero-order chi connectivity index (χ0) is 14.5. The number of aromatic nitrogens is 2. The number of aryl methyl sites for hydroxylation is 3. The monoisotopic (exact) mass is 269 g/mol. The van der Waals surface area contributed by atoms with E-state index in [4.69, 9.17) is 0 Å². The van der Waals surface area contributed by atoms with Crippen LogP contribution in [-0.2, 0) is 6.42 Å². The van der Waals surface area contributed by atoms with E-state index in [9.17, 15) is 0 Å². The van der Waals surface area contributed by atoms with Crippen LogP contribution < -0.4 is 5.32 Å². The summed E-state index contributed by atoms with van der Waals surface area (Å²) in [6.45, 7) is 7.28. The zero-order valence-corrected chi connectivity index (χ0v) is 12.8. The van der Waals surface area contributed by atoms with E-state index in [-0.39, 0.29) is 0 Å². The van der Waals surface area contributed by atoms with Crippen molar-refractivity contribution >= 4 is 0 Å². The molecule has 0 amide bonds. The van der Waals surface area contributed by atoms with Gasteiger partial charge in [0.2, 0.25) is 0 Å². The molecule has 0 bridgehead atoms. The van der Waals surface area contributed by atoms with Gasteiger partial charge in [-0.25, -0.2) is 9.97 Å². The minimum absolute atomic E-state index is 0.831. The van der Waals surface area contributed by atoms with Gasteiger partial charge >= 0.3 is 0 Å². The van der Waals surface area contributed by atoms with Gasteiger partial charge < -0.3 is 5.32 Å². The Morgan fingerprint density at radius 1 is 0.950 bits per heavy atom. The van der Waals surface area contributed by atoms with E-state index in [0.717, 1.165) is 42.2 Å². The Labute approximate surface area is 121 Å². The third-order valence-corrected chi connectivity index (χ3v) is 3.58. The number of rotatable bonds is 5. The van der Waals surface area contributed by atoms with E-state index in [1.807, 2.05) is 7.05 Å². The fourth-order valence-electron chi connectivity index (χ4n) is 2.37. The minimum Gasteiger partial charge on any atom is -0.320 e. The lowest BCUT2D eigenvalue weighted by molar-refractivity contribution is 0.715. The van der Waals surface area contributed by atoms with Crippen LogP contribution in [0.25, 0.3) is 11.4 Å². The van der Waals surface area contributed by atoms with Gasteiger partial charge in [0, 0.05) is 17.0 Å². The molecule has 1 aromatic heterocycles. The van der Waals surface area contributed by atoms with Crippen molar-refractivity contribution in [1.82, 2.24) is 15.3 Å². The Morgan fingerprint density at radius 3 is 2.10 bits per heavy atom. The summed E-state index contributed by atoms with van der Waals surface area (Å²) in [5.74, 6) is 0.831. The molecule has 3 heteroatoms. The first kappa shape index (κ1) is 14.7. The molecule has 1 aromatic carbocycles. The van der Waals surface area contributed by atoms with Crippen LogP contribution in [-0.4, -0.2) is 23.6 Å². The van der Waals surface area contributed by atoms with Crippen molar-refractivity contribution in [2.75, 3.05) is 13.6 Å². The maximum Gasteiger partial charge on any atom is 0.159 e. The van der Waals surface area contributed by atoms with Gasteiger partial charge in [-0.15, -0.1) is 0 Å². The fraction of sp³-hybridized carbons (Fsp3) is 0.412. The summed E-state index contributed by atoms with van der Waals surface area (Å²) in [5, 5.41) is 3.18. The zero-order valence-electron chi connectivity index (χ0n) is 12.8. The smallest absolute Gasteiger partial charge is 0.159 e. The second kappa shape index (κ2) is 6.62. The van der Waals surface area contributed by atoms with Crippen molar-refractivity contribution in [1.29, 1.82) is 0 Å². The molecule has 0 atom stereocenters. The van der Waals surface area contributed by atoms with Crippen LogP contribution in [0.15, 0.2) is 24.3 Å². The Bertz CT molecular complexity index is 550. The van der Waals surface area contributed by atoms with Crippen LogP contribution in [0.3, 0.4) is 0 Å². The van der Waals surface area contributed by atoms with Crippen LogP contribution >= 0.6 is 0 Å². The van der Waals surface area contributed by atoms with Gasteiger partial charge in [0.25, 0.3) is 0 Å². The van der Waals surface area contributed by atoms with Crippen molar-refractivity contribution in [2.45, 2.75) is 33.6 Å². The number of nitrogens with zero attached hydrogens (tertiary/aromatic N) is 2. The molecule has 0 fully saturated rings. The van der Waals surface area contributed by atoms with Crippen LogP contribution in [0, 0.1) is 20.8 Å². The third kappa shape index (κ3) is 3.42. The summed E-state index contributed by atoms with van der Waals surface area (Å²) in [6.07, 6.45) is 2.15. The molecule has 0 aliphatic heterocycles. The molecule has 20 heavy (non-hydrogen) atoms. The van der Waals surface area contributed by atoms with Crippen molar-refractivity contribution < 1.29 is 0 Å². The lowest BCUT2D eigenvalue weighted by atomic mass is 10.1. The van der Waals surface area contributed by atoms with E-state index in [2.05, 4.69) is 60.3 Å². The molecule has 0 saturated heterocycles. The lowest BCUT2D eigenvalue weighted by Crippen LogP contribution is -2.10. The molecular weight excluding hydrogens is 246 g/mol. The summed E-state index contributed by atoms with van der Waals surface area (Å²) < 4.78 is 0. The number of hydrogen-bond donors (Lipinski definition) is 1. The Morgan fingerprint density at radius 2 is 1.55 bits per heavy atom. The average molecular weight is 269 g/mol. The highest BCUT2D eigenvalue weighted by atomic mass is 14.9. The molecule has 0 unspecified atom stereocenters. The fourth-order valence-corrected chi connectivity index (χ4v) is 2.37. The first-order valence-electron chi connectivity index (χ1n) is 7.17. The van der Waals surface area contributed by atoms with Crippen LogP contribution in [0.1, 0.15) is 28.9 Å². The van der Waals surface area contributed by atoms with Gasteiger partial charge in [-0.1, -0.05) is 29.8 Å². The predicted molar refractivity (Wildman–Crippen MR) is 83.9 cm³/mol. The molecule has 106 valence electrons. The van der Waals surface area contributed by atoms with Crippen molar-refractivity contribution in [3.8, 4) is 11.4 Å². The van der Waals surface area contributed by atoms with Crippen LogP contribution in [0.2, 0.25) is 0 Å². The number of hydrogen-bond acceptors (Lipinski definition) is 3. The first-order valence-corrected chi connectivity index (χ1v) is 7.17. The third-order valence-electron chi connectivity index (χ3n) is 3.58. The Kier molecular flexibility index (Phi) is 4.85. The van der Waals surface area contributed by atoms with E-state index < -0.39 is 0 Å². The maximum absolute atomic E-state index is 4.68. The molecule has 0 spiro atoms. The van der Waals surface area contributed by atoms with Crippen LogP contribution in [0.5, 0.6) is 0 Å². The van der Waals surface area contributed by atoms with Gasteiger partial charge in [0.15, 0.2) is 5.82 Å². The molecule has 1 heterocycles. The van der Waals surface area contributed by atoms with E-state index in [1.54, 1.807) is 0 Å². The first-order chi connectivity index (χ1) is 9.61. The van der Waals surface area contributed by atoms with Crippen LogP contribution in [0.4, 0.5) is 0 Å². The lowest BCUT2D eigenvalue weighted by Gasteiger charge is -2.11. The molecule has 0 aliphatic carbocycles. The van der Waals surface area contributed by atoms with E-state index in [1.165, 1.54) is 11.1 Å². The maximum atomic E-state index is 4.68. The van der Waals surface area contributed by atoms with Crippen molar-refractivity contribution in [3.63, 3.8) is 0 Å². The van der Waals surface area contributed by atoms with Gasteiger partial charge in [0.05, 0.1) is 0 Å². The van der Waals surface area contributed by atoms with Gasteiger partial charge in [-0.2, -0.15) is 0 Å². The number of benzene rings is 1. The Balaban J connectivity index is 2.27. The standard InChI is InChI=1S/C17H23N3/c1-12-7-9-15(10-8-12)17-19-13(2)16(14(3)20-17)6-5-11-18-4/h7-10,18H,5-6,11H2,1-4H3. The molecule has 0 saturated carbocycles. The highest BCUT2D eigenvalue weighted by Crippen LogP contribution is 2.20. The molecular formula is C17H23N3. The summed E-state index contributed by atoms with van der Waals surface area (Å²) in [6, 6.07) is 8.38.